The molecule has 134 valence electrons. The summed E-state index contributed by atoms with van der Waals surface area (Å²) in [6, 6.07) is 17.1. The smallest absolute Gasteiger partial charge is 0.262 e. The third-order valence-electron chi connectivity index (χ3n) is 3.96. The predicted molar refractivity (Wildman–Crippen MR) is 107 cm³/mol. The van der Waals surface area contributed by atoms with Crippen LogP contribution in [0.4, 0.5) is 5.69 Å². The molecule has 2 aromatic carbocycles. The van der Waals surface area contributed by atoms with Gasteiger partial charge in [-0.1, -0.05) is 30.3 Å². The first-order valence-electron chi connectivity index (χ1n) is 8.27. The molecule has 6 nitrogen and oxygen atoms in total. The molecule has 0 unspecified atom stereocenters. The molecular weight excluding hydrogens is 408 g/mol. The molecule has 0 aliphatic carbocycles. The number of rotatable bonds is 5. The molecule has 4 aromatic rings. The average molecular weight is 423 g/mol. The van der Waals surface area contributed by atoms with Gasteiger partial charge in [-0.05, 0) is 51.0 Å². The number of aromatic nitrogens is 3. The Morgan fingerprint density at radius 3 is 2.78 bits per heavy atom. The van der Waals surface area contributed by atoms with Crippen molar-refractivity contribution >= 4 is 38.3 Å². The highest BCUT2D eigenvalue weighted by atomic mass is 79.9. The van der Waals surface area contributed by atoms with E-state index in [0.29, 0.717) is 17.3 Å². The number of pyridine rings is 1. The Morgan fingerprint density at radius 1 is 1.11 bits per heavy atom. The lowest BCUT2D eigenvalue weighted by Gasteiger charge is -2.11. The van der Waals surface area contributed by atoms with Gasteiger partial charge in [0.15, 0.2) is 12.4 Å². The maximum absolute atomic E-state index is 12.2. The van der Waals surface area contributed by atoms with Gasteiger partial charge in [-0.3, -0.25) is 4.79 Å². The molecule has 0 aliphatic rings. The van der Waals surface area contributed by atoms with Crippen LogP contribution in [0.5, 0.6) is 5.75 Å². The van der Waals surface area contributed by atoms with E-state index in [1.165, 1.54) is 0 Å². The zero-order valence-electron chi connectivity index (χ0n) is 14.2. The fourth-order valence-corrected chi connectivity index (χ4v) is 3.27. The van der Waals surface area contributed by atoms with Crippen LogP contribution in [-0.2, 0) is 4.79 Å². The lowest BCUT2D eigenvalue weighted by atomic mass is 10.1. The minimum absolute atomic E-state index is 0.0994. The fraction of sp³-hybridized carbons (Fsp3) is 0.0500. The Hall–Kier alpha value is -3.19. The number of anilines is 1. The van der Waals surface area contributed by atoms with Crippen LogP contribution >= 0.6 is 15.9 Å². The number of amides is 1. The molecule has 4 rings (SSSR count). The number of hydrogen-bond donors (Lipinski definition) is 1. The SMILES string of the molecule is O=C(COc1ccc2ccccc2c1Br)Nc1ccc(-n2cccn2)nc1. The van der Waals surface area contributed by atoms with Crippen molar-refractivity contribution in [1.29, 1.82) is 0 Å². The van der Waals surface area contributed by atoms with Crippen molar-refractivity contribution in [3.63, 3.8) is 0 Å². The van der Waals surface area contributed by atoms with E-state index >= 15 is 0 Å². The van der Waals surface area contributed by atoms with E-state index in [1.54, 1.807) is 35.4 Å². The van der Waals surface area contributed by atoms with Crippen molar-refractivity contribution in [2.45, 2.75) is 0 Å². The van der Waals surface area contributed by atoms with Crippen molar-refractivity contribution in [2.75, 3.05) is 11.9 Å². The van der Waals surface area contributed by atoms with Crippen LogP contribution in [-0.4, -0.2) is 27.3 Å². The number of halogens is 1. The minimum Gasteiger partial charge on any atom is -0.483 e. The molecule has 0 bridgehead atoms. The summed E-state index contributed by atoms with van der Waals surface area (Å²) in [7, 11) is 0. The van der Waals surface area contributed by atoms with Gasteiger partial charge in [0.1, 0.15) is 5.75 Å². The van der Waals surface area contributed by atoms with Crippen molar-refractivity contribution in [3.8, 4) is 11.6 Å². The summed E-state index contributed by atoms with van der Waals surface area (Å²) >= 11 is 3.55. The summed E-state index contributed by atoms with van der Waals surface area (Å²) in [5.74, 6) is 1.04. The number of hydrogen-bond acceptors (Lipinski definition) is 4. The van der Waals surface area contributed by atoms with Crippen LogP contribution < -0.4 is 10.1 Å². The quantitative estimate of drug-likeness (QED) is 0.523. The molecule has 1 amide bonds. The van der Waals surface area contributed by atoms with Crippen LogP contribution in [0.2, 0.25) is 0 Å². The standard InChI is InChI=1S/C20H15BrN4O2/c21-20-16-5-2-1-4-14(16)6-8-17(20)27-13-19(26)24-15-7-9-18(22-12-15)25-11-3-10-23-25/h1-12H,13H2,(H,24,26). The molecule has 0 fully saturated rings. The number of fused-ring (bicyclic) bond motifs is 1. The van der Waals surface area contributed by atoms with Gasteiger partial charge in [0.25, 0.3) is 5.91 Å². The number of nitrogens with zero attached hydrogens (tertiary/aromatic N) is 3. The lowest BCUT2D eigenvalue weighted by molar-refractivity contribution is -0.118. The molecular formula is C20H15BrN4O2. The second kappa shape index (κ2) is 7.59. The Labute approximate surface area is 163 Å². The molecule has 2 aromatic heterocycles. The van der Waals surface area contributed by atoms with Crippen LogP contribution in [0.1, 0.15) is 0 Å². The van der Waals surface area contributed by atoms with Gasteiger partial charge in [0.2, 0.25) is 0 Å². The molecule has 0 spiro atoms. The van der Waals surface area contributed by atoms with Gasteiger partial charge in [-0.25, -0.2) is 9.67 Å². The second-order valence-corrected chi connectivity index (χ2v) is 6.58. The van der Waals surface area contributed by atoms with E-state index in [1.807, 2.05) is 42.5 Å². The summed E-state index contributed by atoms with van der Waals surface area (Å²) < 4.78 is 8.14. The second-order valence-electron chi connectivity index (χ2n) is 5.79. The summed E-state index contributed by atoms with van der Waals surface area (Å²) in [6.07, 6.45) is 5.07. The monoisotopic (exact) mass is 422 g/mol. The first kappa shape index (κ1) is 17.2. The average Bonchev–Trinajstić information content (AvgIpc) is 3.23. The third kappa shape index (κ3) is 3.83. The van der Waals surface area contributed by atoms with E-state index in [9.17, 15) is 4.79 Å². The van der Waals surface area contributed by atoms with Gasteiger partial charge >= 0.3 is 0 Å². The highest BCUT2D eigenvalue weighted by Crippen LogP contribution is 2.32. The zero-order valence-corrected chi connectivity index (χ0v) is 15.8. The van der Waals surface area contributed by atoms with E-state index in [0.717, 1.165) is 15.2 Å². The molecule has 0 atom stereocenters. The maximum Gasteiger partial charge on any atom is 0.262 e. The van der Waals surface area contributed by atoms with Crippen LogP contribution in [0.3, 0.4) is 0 Å². The molecule has 0 saturated heterocycles. The number of benzene rings is 2. The van der Waals surface area contributed by atoms with Crippen molar-refractivity contribution in [3.05, 3.63) is 77.7 Å². The molecule has 2 heterocycles. The molecule has 7 heteroatoms. The number of nitrogens with one attached hydrogen (secondary N) is 1. The van der Waals surface area contributed by atoms with Gasteiger partial charge in [0.05, 0.1) is 16.4 Å². The summed E-state index contributed by atoms with van der Waals surface area (Å²) in [6.45, 7) is -0.0994. The lowest BCUT2D eigenvalue weighted by Crippen LogP contribution is -2.20. The summed E-state index contributed by atoms with van der Waals surface area (Å²) in [4.78, 5) is 16.5. The first-order valence-corrected chi connectivity index (χ1v) is 9.06. The molecule has 0 aliphatic heterocycles. The van der Waals surface area contributed by atoms with E-state index in [2.05, 4.69) is 31.3 Å². The topological polar surface area (TPSA) is 69.0 Å². The van der Waals surface area contributed by atoms with Gasteiger partial charge in [-0.15, -0.1) is 0 Å². The normalized spacial score (nSPS) is 10.7. The Bertz CT molecular complexity index is 1080. The van der Waals surface area contributed by atoms with Gasteiger partial charge in [-0.2, -0.15) is 5.10 Å². The Morgan fingerprint density at radius 2 is 2.00 bits per heavy atom. The van der Waals surface area contributed by atoms with Crippen LogP contribution in [0, 0.1) is 0 Å². The molecule has 0 saturated carbocycles. The summed E-state index contributed by atoms with van der Waals surface area (Å²) in [5.41, 5.74) is 0.595. The fourth-order valence-electron chi connectivity index (χ4n) is 2.67. The minimum atomic E-state index is -0.260. The molecule has 1 N–H and O–H groups in total. The largest absolute Gasteiger partial charge is 0.483 e. The van der Waals surface area contributed by atoms with Crippen molar-refractivity contribution in [2.24, 2.45) is 0 Å². The summed E-state index contributed by atoms with van der Waals surface area (Å²) in [5, 5.41) is 9.02. The maximum atomic E-state index is 12.2. The van der Waals surface area contributed by atoms with E-state index in [4.69, 9.17) is 4.74 Å². The third-order valence-corrected chi connectivity index (χ3v) is 4.78. The van der Waals surface area contributed by atoms with Crippen molar-refractivity contribution < 1.29 is 9.53 Å². The number of carbonyl (C=O) groups is 1. The first-order chi connectivity index (χ1) is 13.2. The highest BCUT2D eigenvalue weighted by molar-refractivity contribution is 9.10. The Balaban J connectivity index is 1.39. The van der Waals surface area contributed by atoms with E-state index < -0.39 is 0 Å². The number of ether oxygens (including phenoxy) is 1. The van der Waals surface area contributed by atoms with Gasteiger partial charge < -0.3 is 10.1 Å². The van der Waals surface area contributed by atoms with Crippen LogP contribution in [0.25, 0.3) is 16.6 Å². The zero-order chi connectivity index (χ0) is 18.6. The van der Waals surface area contributed by atoms with Gasteiger partial charge in [0, 0.05) is 12.4 Å². The number of carbonyl (C=O) groups excluding carboxylic acids is 1. The van der Waals surface area contributed by atoms with Crippen molar-refractivity contribution in [1.82, 2.24) is 14.8 Å². The molecule has 27 heavy (non-hydrogen) atoms. The molecule has 0 radical (unpaired) electrons. The Kier molecular flexibility index (Phi) is 4.84. The predicted octanol–water partition coefficient (Wildman–Crippen LogP) is 4.20. The van der Waals surface area contributed by atoms with E-state index in [-0.39, 0.29) is 12.5 Å². The highest BCUT2D eigenvalue weighted by Gasteiger charge is 2.09. The van der Waals surface area contributed by atoms with Crippen LogP contribution in [0.15, 0.2) is 77.7 Å².